The molecule has 0 spiro atoms. The van der Waals surface area contributed by atoms with Crippen LogP contribution in [0.25, 0.3) is 56.7 Å². The van der Waals surface area contributed by atoms with Crippen molar-refractivity contribution in [1.82, 2.24) is 19.9 Å². The predicted molar refractivity (Wildman–Crippen MR) is 114 cm³/mol. The zero-order chi connectivity index (χ0) is 18.5. The molecule has 0 radical (unpaired) electrons. The fourth-order valence-electron chi connectivity index (χ4n) is 3.77. The summed E-state index contributed by atoms with van der Waals surface area (Å²) in [5, 5.41) is 0. The summed E-state index contributed by atoms with van der Waals surface area (Å²) in [6, 6.07) is 24.9. The largest absolute Gasteiger partial charge is 0.355 e. The molecule has 2 aliphatic rings. The molecule has 8 bridgehead atoms. The van der Waals surface area contributed by atoms with Crippen molar-refractivity contribution in [2.75, 3.05) is 0 Å². The van der Waals surface area contributed by atoms with Gasteiger partial charge in [0.2, 0.25) is 0 Å². The standard InChI is InChI=1S/C24H16N4.Zn/c1-2-4-22-21(3-1)23-13-19-9-7-17(26-19)11-15-5-6-16(25-15)12-18-8-10-20(27-18)14-24(22)28-23;/h1-14,25-26H;. The number of fused-ring (bicyclic) bond motifs is 11. The molecule has 0 amide bonds. The van der Waals surface area contributed by atoms with Crippen molar-refractivity contribution in [1.29, 1.82) is 0 Å². The van der Waals surface area contributed by atoms with E-state index < -0.39 is 0 Å². The number of aromatic nitrogens is 4. The van der Waals surface area contributed by atoms with Gasteiger partial charge in [0.05, 0.1) is 22.8 Å². The van der Waals surface area contributed by atoms with Crippen molar-refractivity contribution < 1.29 is 19.5 Å². The molecule has 5 heteroatoms. The van der Waals surface area contributed by atoms with Gasteiger partial charge < -0.3 is 9.97 Å². The van der Waals surface area contributed by atoms with Crippen molar-refractivity contribution in [3.8, 4) is 22.5 Å². The van der Waals surface area contributed by atoms with E-state index in [0.29, 0.717) is 0 Å². The summed E-state index contributed by atoms with van der Waals surface area (Å²) in [5.74, 6) is 0. The zero-order valence-corrected chi connectivity index (χ0v) is 18.7. The third-order valence-electron chi connectivity index (χ3n) is 5.06. The Kier molecular flexibility index (Phi) is 4.26. The van der Waals surface area contributed by atoms with Gasteiger partial charge in [-0.25, -0.2) is 9.97 Å². The van der Waals surface area contributed by atoms with Crippen LogP contribution in [-0.4, -0.2) is 19.9 Å². The smallest absolute Gasteiger partial charge is 0.0737 e. The zero-order valence-electron chi connectivity index (χ0n) is 15.7. The Morgan fingerprint density at radius 3 is 1.69 bits per heavy atom. The molecule has 0 fully saturated rings. The molecule has 4 nitrogen and oxygen atoms in total. The molecule has 0 saturated heterocycles. The summed E-state index contributed by atoms with van der Waals surface area (Å²) < 4.78 is 0. The number of hydrogen-bond donors (Lipinski definition) is 2. The van der Waals surface area contributed by atoms with Crippen molar-refractivity contribution in [2.45, 2.75) is 0 Å². The molecule has 3 aromatic heterocycles. The summed E-state index contributed by atoms with van der Waals surface area (Å²) in [7, 11) is 0. The number of aromatic amines is 2. The van der Waals surface area contributed by atoms with Crippen LogP contribution in [0, 0.1) is 0 Å². The molecule has 0 saturated carbocycles. The Labute approximate surface area is 180 Å². The van der Waals surface area contributed by atoms with Crippen molar-refractivity contribution in [2.24, 2.45) is 0 Å². The Morgan fingerprint density at radius 1 is 0.517 bits per heavy atom. The van der Waals surface area contributed by atoms with Gasteiger partial charge in [-0.1, -0.05) is 24.3 Å². The monoisotopic (exact) mass is 424 g/mol. The normalized spacial score (nSPS) is 11.7. The molecule has 6 rings (SSSR count). The van der Waals surface area contributed by atoms with Gasteiger partial charge in [0, 0.05) is 52.7 Å². The van der Waals surface area contributed by atoms with Gasteiger partial charge in [0.15, 0.2) is 0 Å². The molecule has 134 valence electrons. The topological polar surface area (TPSA) is 57.4 Å². The van der Waals surface area contributed by atoms with Gasteiger partial charge in [-0.3, -0.25) is 0 Å². The fourth-order valence-corrected chi connectivity index (χ4v) is 3.77. The quantitative estimate of drug-likeness (QED) is 0.301. The predicted octanol–water partition coefficient (Wildman–Crippen LogP) is 5.82. The third-order valence-corrected chi connectivity index (χ3v) is 5.06. The van der Waals surface area contributed by atoms with Gasteiger partial charge in [-0.05, 0) is 60.7 Å². The van der Waals surface area contributed by atoms with Crippen LogP contribution in [0.3, 0.4) is 0 Å². The Balaban J connectivity index is 0.00000181. The van der Waals surface area contributed by atoms with Crippen LogP contribution in [0.5, 0.6) is 0 Å². The van der Waals surface area contributed by atoms with Crippen LogP contribution in [-0.2, 0) is 19.5 Å². The minimum atomic E-state index is 0. The Bertz CT molecular complexity index is 1430. The summed E-state index contributed by atoms with van der Waals surface area (Å²) in [6.07, 6.45) is 4.06. The molecular formula is C24H16N4Zn. The molecular weight excluding hydrogens is 410 g/mol. The number of H-pyrrole nitrogens is 2. The van der Waals surface area contributed by atoms with Crippen LogP contribution >= 0.6 is 0 Å². The summed E-state index contributed by atoms with van der Waals surface area (Å²) in [6.45, 7) is 0. The number of nitrogens with zero attached hydrogens (tertiary/aromatic N) is 2. The third kappa shape index (κ3) is 3.24. The Hall–Kier alpha value is -3.30. The van der Waals surface area contributed by atoms with Gasteiger partial charge >= 0.3 is 0 Å². The minimum absolute atomic E-state index is 0. The van der Waals surface area contributed by atoms with E-state index in [0.717, 1.165) is 56.0 Å². The van der Waals surface area contributed by atoms with E-state index in [2.05, 4.69) is 82.8 Å². The van der Waals surface area contributed by atoms with E-state index in [-0.39, 0.29) is 19.5 Å². The van der Waals surface area contributed by atoms with E-state index in [1.807, 2.05) is 12.2 Å². The second-order valence-electron chi connectivity index (χ2n) is 7.04. The van der Waals surface area contributed by atoms with Crippen LogP contribution < -0.4 is 0 Å². The van der Waals surface area contributed by atoms with Crippen molar-refractivity contribution in [3.05, 3.63) is 84.2 Å². The van der Waals surface area contributed by atoms with Gasteiger partial charge in [0.1, 0.15) is 0 Å². The van der Waals surface area contributed by atoms with E-state index in [9.17, 15) is 0 Å². The van der Waals surface area contributed by atoms with E-state index >= 15 is 0 Å². The molecule has 1 aromatic carbocycles. The average Bonchev–Trinajstić information content (AvgIpc) is 3.47. The van der Waals surface area contributed by atoms with Crippen molar-refractivity contribution in [3.63, 3.8) is 0 Å². The van der Waals surface area contributed by atoms with E-state index in [1.54, 1.807) is 0 Å². The van der Waals surface area contributed by atoms with Crippen molar-refractivity contribution >= 4 is 34.2 Å². The van der Waals surface area contributed by atoms with Gasteiger partial charge in [0.25, 0.3) is 0 Å². The number of benzene rings is 1. The minimum Gasteiger partial charge on any atom is -0.355 e. The summed E-state index contributed by atoms with van der Waals surface area (Å²) >= 11 is 0. The number of rotatable bonds is 0. The SMILES string of the molecule is C1=Cc2cc3ccc(cc4ccc(cc5nc(cc1n2)-c1ccccc1-5)[nH]4)[nH]3.[Zn]. The number of nitrogens with one attached hydrogen (secondary N) is 2. The maximum absolute atomic E-state index is 4.90. The van der Waals surface area contributed by atoms with Crippen LogP contribution in [0.15, 0.2) is 72.8 Å². The van der Waals surface area contributed by atoms with Gasteiger partial charge in [-0.2, -0.15) is 0 Å². The summed E-state index contributed by atoms with van der Waals surface area (Å²) in [4.78, 5) is 16.5. The molecule has 2 aliphatic heterocycles. The first-order chi connectivity index (χ1) is 13.8. The van der Waals surface area contributed by atoms with E-state index in [4.69, 9.17) is 9.97 Å². The van der Waals surface area contributed by atoms with Crippen LogP contribution in [0.1, 0.15) is 11.4 Å². The molecule has 2 N–H and O–H groups in total. The van der Waals surface area contributed by atoms with Crippen LogP contribution in [0.4, 0.5) is 0 Å². The molecule has 29 heavy (non-hydrogen) atoms. The second-order valence-corrected chi connectivity index (χ2v) is 7.04. The molecule has 4 aromatic rings. The molecule has 5 heterocycles. The second kappa shape index (κ2) is 6.95. The average molecular weight is 426 g/mol. The Morgan fingerprint density at radius 2 is 1.03 bits per heavy atom. The first kappa shape index (κ1) is 17.8. The maximum Gasteiger partial charge on any atom is 0.0737 e. The first-order valence-electron chi connectivity index (χ1n) is 9.26. The maximum atomic E-state index is 4.90. The summed E-state index contributed by atoms with van der Waals surface area (Å²) in [5.41, 5.74) is 10.2. The molecule has 0 aliphatic carbocycles. The van der Waals surface area contributed by atoms with Gasteiger partial charge in [-0.15, -0.1) is 0 Å². The number of hydrogen-bond acceptors (Lipinski definition) is 2. The molecule has 0 atom stereocenters. The molecule has 0 unspecified atom stereocenters. The first-order valence-corrected chi connectivity index (χ1v) is 9.26. The van der Waals surface area contributed by atoms with Crippen LogP contribution in [0.2, 0.25) is 0 Å². The van der Waals surface area contributed by atoms with E-state index in [1.165, 1.54) is 0 Å². The fraction of sp³-hybridized carbons (Fsp3) is 0.